The van der Waals surface area contributed by atoms with E-state index in [1.807, 2.05) is 13.8 Å². The lowest BCUT2D eigenvalue weighted by atomic mass is 9.87. The molecule has 17 heavy (non-hydrogen) atoms. The van der Waals surface area contributed by atoms with Crippen LogP contribution in [0.15, 0.2) is 5.16 Å². The summed E-state index contributed by atoms with van der Waals surface area (Å²) in [6.45, 7) is 11.8. The van der Waals surface area contributed by atoms with Gasteiger partial charge in [-0.15, -0.1) is 0 Å². The maximum atomic E-state index is 8.72. The van der Waals surface area contributed by atoms with E-state index in [1.165, 1.54) is 0 Å². The molecule has 1 saturated heterocycles. The molecule has 5 heteroatoms. The number of nitrogens with two attached hydrogens (primary N) is 1. The van der Waals surface area contributed by atoms with E-state index in [1.54, 1.807) is 0 Å². The molecule has 0 atom stereocenters. The molecule has 0 aromatic carbocycles. The highest BCUT2D eigenvalue weighted by Crippen LogP contribution is 2.23. The molecule has 0 radical (unpaired) electrons. The first-order valence-corrected chi connectivity index (χ1v) is 6.11. The molecule has 1 aliphatic heterocycles. The molecule has 0 unspecified atom stereocenters. The van der Waals surface area contributed by atoms with Crippen molar-refractivity contribution in [2.45, 2.75) is 39.7 Å². The van der Waals surface area contributed by atoms with Gasteiger partial charge in [-0.1, -0.05) is 19.0 Å². The van der Waals surface area contributed by atoms with Crippen molar-refractivity contribution in [1.82, 2.24) is 4.90 Å². The Morgan fingerprint density at radius 1 is 1.53 bits per heavy atom. The second kappa shape index (κ2) is 5.23. The van der Waals surface area contributed by atoms with Crippen LogP contribution in [-0.2, 0) is 4.74 Å². The lowest BCUT2D eigenvalue weighted by Gasteiger charge is -2.39. The Hall–Kier alpha value is -0.810. The molecule has 1 fully saturated rings. The Bertz CT molecular complexity index is 287. The smallest absolute Gasteiger partial charge is 0.144 e. The van der Waals surface area contributed by atoms with E-state index >= 15 is 0 Å². The molecular weight excluding hydrogens is 218 g/mol. The summed E-state index contributed by atoms with van der Waals surface area (Å²) < 4.78 is 5.67. The average Bonchev–Trinajstić information content (AvgIpc) is 2.24. The predicted molar refractivity (Wildman–Crippen MR) is 68.3 cm³/mol. The van der Waals surface area contributed by atoms with Crippen LogP contribution >= 0.6 is 0 Å². The minimum Gasteiger partial charge on any atom is -0.409 e. The number of ether oxygens (including phenoxy) is 1. The Balaban J connectivity index is 2.45. The van der Waals surface area contributed by atoms with Gasteiger partial charge < -0.3 is 15.7 Å². The van der Waals surface area contributed by atoms with Crippen molar-refractivity contribution < 1.29 is 9.94 Å². The summed E-state index contributed by atoms with van der Waals surface area (Å²) >= 11 is 0. The van der Waals surface area contributed by atoms with Crippen molar-refractivity contribution in [2.75, 3.05) is 26.2 Å². The zero-order chi connectivity index (χ0) is 13.1. The molecule has 0 spiro atoms. The highest BCUT2D eigenvalue weighted by Gasteiger charge is 2.29. The van der Waals surface area contributed by atoms with Crippen LogP contribution in [0.2, 0.25) is 0 Å². The van der Waals surface area contributed by atoms with Crippen LogP contribution < -0.4 is 5.73 Å². The van der Waals surface area contributed by atoms with Crippen LogP contribution in [0, 0.1) is 5.41 Å². The normalized spacial score (nSPS) is 22.7. The summed E-state index contributed by atoms with van der Waals surface area (Å²) in [5, 5.41) is 11.8. The van der Waals surface area contributed by atoms with Crippen molar-refractivity contribution in [2.24, 2.45) is 16.3 Å². The SMILES string of the molecule is CC1(C)CN(CCC(C)(C)C(N)=NO)CCO1. The molecule has 1 heterocycles. The maximum Gasteiger partial charge on any atom is 0.144 e. The summed E-state index contributed by atoms with van der Waals surface area (Å²) in [4.78, 5) is 2.37. The van der Waals surface area contributed by atoms with Gasteiger partial charge in [-0.2, -0.15) is 0 Å². The van der Waals surface area contributed by atoms with Gasteiger partial charge in [0.15, 0.2) is 0 Å². The van der Waals surface area contributed by atoms with E-state index in [-0.39, 0.29) is 11.0 Å². The fraction of sp³-hybridized carbons (Fsp3) is 0.917. The second-order valence-corrected chi connectivity index (χ2v) is 6.00. The minimum absolute atomic E-state index is 0.0704. The molecule has 5 nitrogen and oxygen atoms in total. The predicted octanol–water partition coefficient (Wildman–Crippen LogP) is 1.26. The molecule has 0 bridgehead atoms. The van der Waals surface area contributed by atoms with Crippen LogP contribution in [0.4, 0.5) is 0 Å². The first-order valence-electron chi connectivity index (χ1n) is 6.11. The van der Waals surface area contributed by atoms with Gasteiger partial charge in [-0.05, 0) is 26.8 Å². The van der Waals surface area contributed by atoms with Crippen molar-refractivity contribution in [3.8, 4) is 0 Å². The summed E-state index contributed by atoms with van der Waals surface area (Å²) in [5.41, 5.74) is 5.34. The third-order valence-electron chi connectivity index (χ3n) is 3.36. The number of amidine groups is 1. The van der Waals surface area contributed by atoms with Crippen LogP contribution in [-0.4, -0.2) is 47.8 Å². The topological polar surface area (TPSA) is 71.1 Å². The van der Waals surface area contributed by atoms with Crippen LogP contribution in [0.1, 0.15) is 34.1 Å². The molecule has 0 amide bonds. The lowest BCUT2D eigenvalue weighted by molar-refractivity contribution is -0.0870. The molecule has 0 aromatic heterocycles. The number of morpholine rings is 1. The van der Waals surface area contributed by atoms with Gasteiger partial charge in [0.2, 0.25) is 0 Å². The zero-order valence-corrected chi connectivity index (χ0v) is 11.4. The number of rotatable bonds is 4. The number of oxime groups is 1. The summed E-state index contributed by atoms with van der Waals surface area (Å²) in [6.07, 6.45) is 0.874. The first kappa shape index (κ1) is 14.3. The Morgan fingerprint density at radius 2 is 2.18 bits per heavy atom. The van der Waals surface area contributed by atoms with Crippen molar-refractivity contribution >= 4 is 5.84 Å². The highest BCUT2D eigenvalue weighted by atomic mass is 16.5. The molecule has 1 aliphatic rings. The molecular formula is C12H25N3O2. The van der Waals surface area contributed by atoms with Gasteiger partial charge in [0.1, 0.15) is 5.84 Å². The summed E-state index contributed by atoms with van der Waals surface area (Å²) in [7, 11) is 0. The lowest BCUT2D eigenvalue weighted by Crippen LogP contribution is -2.49. The second-order valence-electron chi connectivity index (χ2n) is 6.00. The Labute approximate surface area is 104 Å². The van der Waals surface area contributed by atoms with Gasteiger partial charge in [-0.25, -0.2) is 0 Å². The van der Waals surface area contributed by atoms with E-state index in [2.05, 4.69) is 23.9 Å². The van der Waals surface area contributed by atoms with Gasteiger partial charge in [-0.3, -0.25) is 4.90 Å². The number of nitrogens with zero attached hydrogens (tertiary/aromatic N) is 2. The van der Waals surface area contributed by atoms with E-state index in [4.69, 9.17) is 15.7 Å². The summed E-state index contributed by atoms with van der Waals surface area (Å²) in [5.74, 6) is 0.296. The molecule has 100 valence electrons. The van der Waals surface area contributed by atoms with Crippen LogP contribution in [0.5, 0.6) is 0 Å². The Morgan fingerprint density at radius 3 is 2.71 bits per heavy atom. The first-order chi connectivity index (χ1) is 7.77. The highest BCUT2D eigenvalue weighted by molar-refractivity contribution is 5.85. The van der Waals surface area contributed by atoms with Crippen molar-refractivity contribution in [3.63, 3.8) is 0 Å². The third-order valence-corrected chi connectivity index (χ3v) is 3.36. The van der Waals surface area contributed by atoms with Crippen molar-refractivity contribution in [1.29, 1.82) is 0 Å². The molecule has 1 rings (SSSR count). The molecule has 0 aliphatic carbocycles. The van der Waals surface area contributed by atoms with Gasteiger partial charge in [0, 0.05) is 18.5 Å². The third kappa shape index (κ3) is 4.16. The summed E-state index contributed by atoms with van der Waals surface area (Å²) in [6, 6.07) is 0. The van der Waals surface area contributed by atoms with Gasteiger partial charge in [0.05, 0.1) is 12.2 Å². The fourth-order valence-corrected chi connectivity index (χ4v) is 2.01. The number of hydrogen-bond donors (Lipinski definition) is 2. The van der Waals surface area contributed by atoms with E-state index in [0.29, 0.717) is 5.84 Å². The van der Waals surface area contributed by atoms with Crippen LogP contribution in [0.25, 0.3) is 0 Å². The van der Waals surface area contributed by atoms with Gasteiger partial charge >= 0.3 is 0 Å². The van der Waals surface area contributed by atoms with E-state index in [0.717, 1.165) is 32.7 Å². The number of hydrogen-bond acceptors (Lipinski definition) is 4. The monoisotopic (exact) mass is 243 g/mol. The average molecular weight is 243 g/mol. The molecule has 3 N–H and O–H groups in total. The zero-order valence-electron chi connectivity index (χ0n) is 11.4. The fourth-order valence-electron chi connectivity index (χ4n) is 2.01. The van der Waals surface area contributed by atoms with E-state index < -0.39 is 0 Å². The minimum atomic E-state index is -0.267. The largest absolute Gasteiger partial charge is 0.409 e. The van der Waals surface area contributed by atoms with Gasteiger partial charge in [0.25, 0.3) is 0 Å². The molecule has 0 aromatic rings. The van der Waals surface area contributed by atoms with Crippen molar-refractivity contribution in [3.05, 3.63) is 0 Å². The standard InChI is InChI=1S/C12H25N3O2/c1-11(2,10(13)14-16)5-6-15-7-8-17-12(3,4)9-15/h16H,5-9H2,1-4H3,(H2,13,14). The van der Waals surface area contributed by atoms with E-state index in [9.17, 15) is 0 Å². The van der Waals surface area contributed by atoms with Crippen LogP contribution in [0.3, 0.4) is 0 Å². The molecule has 0 saturated carbocycles. The maximum absolute atomic E-state index is 8.72. The Kier molecular flexibility index (Phi) is 4.38. The quantitative estimate of drug-likeness (QED) is 0.337.